The summed E-state index contributed by atoms with van der Waals surface area (Å²) in [6.45, 7) is 0. The van der Waals surface area contributed by atoms with Crippen LogP contribution in [0.5, 0.6) is 0 Å². The number of nitrogens with zero attached hydrogens (tertiary/aromatic N) is 1. The number of pyridine rings is 1. The number of halogens is 3. The molecule has 66 valence electrons. The molecule has 1 aromatic rings. The van der Waals surface area contributed by atoms with Crippen LogP contribution in [0.3, 0.4) is 0 Å². The van der Waals surface area contributed by atoms with Gasteiger partial charge in [0, 0.05) is 11.8 Å². The molecule has 1 rings (SSSR count). The Morgan fingerprint density at radius 1 is 1.38 bits per heavy atom. The molecule has 0 radical (unpaired) electrons. The van der Waals surface area contributed by atoms with E-state index in [1.807, 2.05) is 0 Å². The molecule has 2 nitrogen and oxygen atoms in total. The van der Waals surface area contributed by atoms with E-state index in [0.717, 1.165) is 12.3 Å². The van der Waals surface area contributed by atoms with Gasteiger partial charge in [-0.05, 0) is 6.07 Å². The molecular weight excluding hydrogens is 212 g/mol. The van der Waals surface area contributed by atoms with Gasteiger partial charge in [-0.15, -0.1) is 4.90 Å². The molecule has 0 amide bonds. The Balaban J connectivity index is 0.00000144. The summed E-state index contributed by atoms with van der Waals surface area (Å²) in [7, 11) is 0. The summed E-state index contributed by atoms with van der Waals surface area (Å²) >= 11 is 4.42. The van der Waals surface area contributed by atoms with E-state index in [0.29, 0.717) is 0 Å². The van der Waals surface area contributed by atoms with Crippen molar-refractivity contribution >= 4 is 18.4 Å². The van der Waals surface area contributed by atoms with Gasteiger partial charge >= 0.3 is 35.7 Å². The van der Waals surface area contributed by atoms with Gasteiger partial charge in [-0.1, -0.05) is 0 Å². The average Bonchev–Trinajstić information content (AvgIpc) is 1.92. The number of nitrogens with two attached hydrogens (primary N) is 1. The monoisotopic (exact) mass is 216 g/mol. The normalized spacial score (nSPS) is 10.7. The van der Waals surface area contributed by atoms with Crippen molar-refractivity contribution in [3.05, 3.63) is 17.8 Å². The molecular formula is C6H4F3N2NaS. The number of aromatic nitrogens is 1. The van der Waals surface area contributed by atoms with E-state index >= 15 is 0 Å². The Bertz CT molecular complexity index is 302. The van der Waals surface area contributed by atoms with Gasteiger partial charge in [0.25, 0.3) is 0 Å². The number of anilines is 1. The Kier molecular flexibility index (Phi) is 4.44. The van der Waals surface area contributed by atoms with E-state index < -0.39 is 11.7 Å². The minimum absolute atomic E-state index is 0. The molecule has 1 aromatic heterocycles. The number of nitrogen functional groups attached to an aromatic ring is 1. The van der Waals surface area contributed by atoms with E-state index in [4.69, 9.17) is 5.73 Å². The zero-order chi connectivity index (χ0) is 9.35. The summed E-state index contributed by atoms with van der Waals surface area (Å²) in [5.41, 5.74) is 4.15. The Morgan fingerprint density at radius 3 is 2.31 bits per heavy atom. The summed E-state index contributed by atoms with van der Waals surface area (Å²) in [6.07, 6.45) is -3.53. The van der Waals surface area contributed by atoms with Crippen LogP contribution in [0.4, 0.5) is 19.0 Å². The second kappa shape index (κ2) is 4.45. The summed E-state index contributed by atoms with van der Waals surface area (Å²) < 4.78 is 36.2. The van der Waals surface area contributed by atoms with E-state index in [1.165, 1.54) is 0 Å². The van der Waals surface area contributed by atoms with Crippen molar-refractivity contribution in [2.45, 2.75) is 11.1 Å². The number of alkyl halides is 3. The zero-order valence-electron chi connectivity index (χ0n) is 6.72. The first kappa shape index (κ1) is 13.0. The maximum atomic E-state index is 12.1. The SMILES string of the molecule is Nc1cc(C(F)(F)F)c([S-])cn1.[Na+]. The van der Waals surface area contributed by atoms with E-state index in [-0.39, 0.29) is 40.3 Å². The van der Waals surface area contributed by atoms with Gasteiger partial charge in [0.2, 0.25) is 0 Å². The number of rotatable bonds is 0. The summed E-state index contributed by atoms with van der Waals surface area (Å²) in [6, 6.07) is 0.725. The van der Waals surface area contributed by atoms with Crippen LogP contribution in [0.1, 0.15) is 5.56 Å². The van der Waals surface area contributed by atoms with Crippen molar-refractivity contribution in [1.29, 1.82) is 0 Å². The third-order valence-corrected chi connectivity index (χ3v) is 1.52. The predicted molar refractivity (Wildman–Crippen MR) is 39.3 cm³/mol. The molecule has 2 N–H and O–H groups in total. The molecule has 0 saturated heterocycles. The van der Waals surface area contributed by atoms with Crippen molar-refractivity contribution in [3.8, 4) is 0 Å². The molecule has 1 heterocycles. The van der Waals surface area contributed by atoms with Gasteiger partial charge < -0.3 is 18.4 Å². The van der Waals surface area contributed by atoms with Crippen molar-refractivity contribution in [2.24, 2.45) is 0 Å². The minimum Gasteiger partial charge on any atom is -0.778 e. The van der Waals surface area contributed by atoms with E-state index in [1.54, 1.807) is 0 Å². The van der Waals surface area contributed by atoms with Gasteiger partial charge in [0.05, 0.1) is 0 Å². The molecule has 0 fully saturated rings. The summed E-state index contributed by atoms with van der Waals surface area (Å²) in [4.78, 5) is 3.09. The quantitative estimate of drug-likeness (QED) is 0.428. The average molecular weight is 216 g/mol. The summed E-state index contributed by atoms with van der Waals surface area (Å²) in [5, 5.41) is 0. The number of hydrogen-bond donors (Lipinski definition) is 1. The van der Waals surface area contributed by atoms with Crippen LogP contribution in [-0.2, 0) is 18.8 Å². The molecule has 0 aliphatic carbocycles. The number of hydrogen-bond acceptors (Lipinski definition) is 3. The molecule has 0 unspecified atom stereocenters. The topological polar surface area (TPSA) is 38.9 Å². The maximum absolute atomic E-state index is 12.1. The first-order valence-corrected chi connectivity index (χ1v) is 3.32. The molecule has 0 bridgehead atoms. The van der Waals surface area contributed by atoms with E-state index in [2.05, 4.69) is 17.6 Å². The van der Waals surface area contributed by atoms with Crippen LogP contribution in [0.2, 0.25) is 0 Å². The fraction of sp³-hybridized carbons (Fsp3) is 0.167. The van der Waals surface area contributed by atoms with Gasteiger partial charge in [0.1, 0.15) is 5.82 Å². The predicted octanol–water partition coefficient (Wildman–Crippen LogP) is -1.41. The van der Waals surface area contributed by atoms with Crippen LogP contribution in [-0.4, -0.2) is 4.98 Å². The standard InChI is InChI=1S/C6H5F3N2S.Na/c7-6(8,9)3-1-5(10)11-2-4(3)12;/h1-2,12H,(H2,10,11);/q;+1/p-1. The zero-order valence-corrected chi connectivity index (χ0v) is 9.54. The maximum Gasteiger partial charge on any atom is 1.00 e. The molecule has 0 atom stereocenters. The van der Waals surface area contributed by atoms with Crippen LogP contribution in [0, 0.1) is 0 Å². The van der Waals surface area contributed by atoms with Crippen LogP contribution in [0.15, 0.2) is 17.2 Å². The third kappa shape index (κ3) is 3.30. The molecule has 0 aliphatic rings. The fourth-order valence-electron chi connectivity index (χ4n) is 0.681. The van der Waals surface area contributed by atoms with Crippen molar-refractivity contribution in [2.75, 3.05) is 5.73 Å². The first-order chi connectivity index (χ1) is 5.41. The smallest absolute Gasteiger partial charge is 0.778 e. The van der Waals surface area contributed by atoms with Gasteiger partial charge in [-0.25, -0.2) is 4.98 Å². The molecule has 0 saturated carbocycles. The Hall–Kier alpha value is -0.0400. The van der Waals surface area contributed by atoms with E-state index in [9.17, 15) is 13.2 Å². The molecule has 7 heteroatoms. The molecule has 13 heavy (non-hydrogen) atoms. The second-order valence-corrected chi connectivity index (χ2v) is 2.54. The van der Waals surface area contributed by atoms with Crippen LogP contribution < -0.4 is 35.3 Å². The minimum atomic E-state index is -4.45. The summed E-state index contributed by atoms with van der Waals surface area (Å²) in [5.74, 6) is -0.184. The molecule has 0 spiro atoms. The Morgan fingerprint density at radius 2 is 1.92 bits per heavy atom. The van der Waals surface area contributed by atoms with Gasteiger partial charge in [-0.2, -0.15) is 13.2 Å². The van der Waals surface area contributed by atoms with Crippen molar-refractivity contribution < 1.29 is 42.7 Å². The van der Waals surface area contributed by atoms with Gasteiger partial charge in [0.15, 0.2) is 0 Å². The fourth-order valence-corrected chi connectivity index (χ4v) is 0.908. The largest absolute Gasteiger partial charge is 1.00 e. The van der Waals surface area contributed by atoms with Crippen LogP contribution >= 0.6 is 0 Å². The van der Waals surface area contributed by atoms with Crippen molar-refractivity contribution in [3.63, 3.8) is 0 Å². The Labute approximate surface area is 100 Å². The van der Waals surface area contributed by atoms with Crippen LogP contribution in [0.25, 0.3) is 0 Å². The van der Waals surface area contributed by atoms with Crippen molar-refractivity contribution in [1.82, 2.24) is 4.98 Å². The molecule has 0 aromatic carbocycles. The molecule has 0 aliphatic heterocycles. The van der Waals surface area contributed by atoms with Gasteiger partial charge in [-0.3, -0.25) is 0 Å². The second-order valence-electron chi connectivity index (χ2n) is 2.10. The first-order valence-electron chi connectivity index (χ1n) is 2.91. The third-order valence-electron chi connectivity index (χ3n) is 1.19.